The minimum absolute atomic E-state index is 0.298. The summed E-state index contributed by atoms with van der Waals surface area (Å²) in [6.45, 7) is 7.77. The summed E-state index contributed by atoms with van der Waals surface area (Å²) in [6.07, 6.45) is 2.84. The van der Waals surface area contributed by atoms with Crippen molar-refractivity contribution in [3.63, 3.8) is 0 Å². The summed E-state index contributed by atoms with van der Waals surface area (Å²) >= 11 is 0. The number of rotatable bonds is 4. The first kappa shape index (κ1) is 11.0. The smallest absolute Gasteiger partial charge is 0.0614 e. The molecule has 1 unspecified atom stereocenters. The van der Waals surface area contributed by atoms with Crippen molar-refractivity contribution < 1.29 is 5.11 Å². The van der Waals surface area contributed by atoms with Gasteiger partial charge in [0.05, 0.1) is 6.10 Å². The maximum atomic E-state index is 9.65. The third-order valence-electron chi connectivity index (χ3n) is 2.40. The van der Waals surface area contributed by atoms with Crippen molar-refractivity contribution in [2.24, 2.45) is 0 Å². The maximum Gasteiger partial charge on any atom is 0.0614 e. The Bertz CT molecular complexity index is 315. The monoisotopic (exact) mass is 190 g/mol. The molecule has 0 heterocycles. The van der Waals surface area contributed by atoms with E-state index in [0.717, 1.165) is 6.42 Å². The first-order chi connectivity index (χ1) is 6.63. The van der Waals surface area contributed by atoms with Gasteiger partial charge >= 0.3 is 0 Å². The van der Waals surface area contributed by atoms with Crippen molar-refractivity contribution >= 4 is 0 Å². The second-order valence-electron chi connectivity index (χ2n) is 3.81. The lowest BCUT2D eigenvalue weighted by Crippen LogP contribution is -2.10. The molecule has 1 N–H and O–H groups in total. The van der Waals surface area contributed by atoms with E-state index in [1.54, 1.807) is 6.08 Å². The Morgan fingerprint density at radius 1 is 1.43 bits per heavy atom. The zero-order chi connectivity index (χ0) is 10.6. The number of hydrogen-bond donors (Lipinski definition) is 1. The minimum Gasteiger partial charge on any atom is -0.392 e. The lowest BCUT2D eigenvalue weighted by atomic mass is 9.99. The molecular weight excluding hydrogens is 172 g/mol. The maximum absolute atomic E-state index is 9.65. The Kier molecular flexibility index (Phi) is 3.90. The van der Waals surface area contributed by atoms with Crippen molar-refractivity contribution in [2.75, 3.05) is 0 Å². The fourth-order valence-electron chi connectivity index (χ4n) is 1.55. The molecule has 0 fully saturated rings. The first-order valence-corrected chi connectivity index (χ1v) is 4.98. The molecule has 1 aromatic carbocycles. The van der Waals surface area contributed by atoms with Crippen LogP contribution in [0.1, 0.15) is 23.1 Å². The molecule has 0 spiro atoms. The third kappa shape index (κ3) is 3.00. The summed E-state index contributed by atoms with van der Waals surface area (Å²) in [5, 5.41) is 9.65. The molecule has 0 aliphatic heterocycles. The van der Waals surface area contributed by atoms with E-state index in [4.69, 9.17) is 0 Å². The molecule has 0 aromatic heterocycles. The van der Waals surface area contributed by atoms with E-state index in [2.05, 4.69) is 38.6 Å². The third-order valence-corrected chi connectivity index (χ3v) is 2.40. The number of hydrogen-bond acceptors (Lipinski definition) is 1. The Labute approximate surface area is 86.1 Å². The number of aliphatic hydroxyl groups is 1. The molecule has 0 aliphatic rings. The average Bonchev–Trinajstić information content (AvgIpc) is 2.12. The predicted octanol–water partition coefficient (Wildman–Crippen LogP) is 2.78. The standard InChI is InChI=1S/C13H18O/c1-4-5-13(14)9-12-8-10(2)6-7-11(12)3/h4,6-8,13-14H,1,5,9H2,2-3H3. The van der Waals surface area contributed by atoms with Crippen LogP contribution in [0.5, 0.6) is 0 Å². The minimum atomic E-state index is -0.298. The van der Waals surface area contributed by atoms with Crippen molar-refractivity contribution in [3.05, 3.63) is 47.5 Å². The van der Waals surface area contributed by atoms with Gasteiger partial charge in [0.25, 0.3) is 0 Å². The SMILES string of the molecule is C=CCC(O)Cc1cc(C)ccc1C. The summed E-state index contributed by atoms with van der Waals surface area (Å²) in [7, 11) is 0. The van der Waals surface area contributed by atoms with Crippen molar-refractivity contribution in [1.29, 1.82) is 0 Å². The highest BCUT2D eigenvalue weighted by Crippen LogP contribution is 2.13. The molecule has 1 atom stereocenters. The van der Waals surface area contributed by atoms with E-state index in [1.807, 2.05) is 0 Å². The lowest BCUT2D eigenvalue weighted by molar-refractivity contribution is 0.178. The second-order valence-corrected chi connectivity index (χ2v) is 3.81. The summed E-state index contributed by atoms with van der Waals surface area (Å²) in [5.41, 5.74) is 3.73. The second kappa shape index (κ2) is 4.97. The molecule has 0 amide bonds. The number of benzene rings is 1. The van der Waals surface area contributed by atoms with Crippen LogP contribution in [0.4, 0.5) is 0 Å². The fraction of sp³-hybridized carbons (Fsp3) is 0.385. The molecule has 14 heavy (non-hydrogen) atoms. The fourth-order valence-corrected chi connectivity index (χ4v) is 1.55. The first-order valence-electron chi connectivity index (χ1n) is 4.98. The van der Waals surface area contributed by atoms with Crippen LogP contribution in [-0.4, -0.2) is 11.2 Å². The molecule has 0 saturated carbocycles. The van der Waals surface area contributed by atoms with Crippen LogP contribution < -0.4 is 0 Å². The Hall–Kier alpha value is -1.08. The molecular formula is C13H18O. The highest BCUT2D eigenvalue weighted by molar-refractivity contribution is 5.30. The number of aryl methyl sites for hydroxylation is 2. The van der Waals surface area contributed by atoms with Crippen molar-refractivity contribution in [1.82, 2.24) is 0 Å². The molecule has 1 rings (SSSR count). The van der Waals surface area contributed by atoms with Gasteiger partial charge in [-0.2, -0.15) is 0 Å². The van der Waals surface area contributed by atoms with Crippen LogP contribution in [0, 0.1) is 13.8 Å². The molecule has 1 aromatic rings. The van der Waals surface area contributed by atoms with Gasteiger partial charge in [0, 0.05) is 0 Å². The van der Waals surface area contributed by atoms with Gasteiger partial charge < -0.3 is 5.11 Å². The van der Waals surface area contributed by atoms with Crippen molar-refractivity contribution in [3.8, 4) is 0 Å². The number of aliphatic hydroxyl groups excluding tert-OH is 1. The summed E-state index contributed by atoms with van der Waals surface area (Å²) in [5.74, 6) is 0. The van der Waals surface area contributed by atoms with Crippen LogP contribution in [0.2, 0.25) is 0 Å². The summed E-state index contributed by atoms with van der Waals surface area (Å²) in [6, 6.07) is 6.34. The van der Waals surface area contributed by atoms with Gasteiger partial charge in [-0.05, 0) is 37.8 Å². The van der Waals surface area contributed by atoms with E-state index >= 15 is 0 Å². The lowest BCUT2D eigenvalue weighted by Gasteiger charge is -2.11. The molecule has 0 saturated heterocycles. The Balaban J connectivity index is 2.74. The average molecular weight is 190 g/mol. The van der Waals surface area contributed by atoms with Gasteiger partial charge in [0.2, 0.25) is 0 Å². The van der Waals surface area contributed by atoms with Gasteiger partial charge in [0.1, 0.15) is 0 Å². The van der Waals surface area contributed by atoms with E-state index in [-0.39, 0.29) is 6.10 Å². The Morgan fingerprint density at radius 2 is 2.14 bits per heavy atom. The molecule has 76 valence electrons. The zero-order valence-corrected chi connectivity index (χ0v) is 8.96. The molecule has 1 heteroatoms. The van der Waals surface area contributed by atoms with Crippen LogP contribution in [-0.2, 0) is 6.42 Å². The van der Waals surface area contributed by atoms with Gasteiger partial charge in [-0.3, -0.25) is 0 Å². The van der Waals surface area contributed by atoms with Gasteiger partial charge in [0.15, 0.2) is 0 Å². The van der Waals surface area contributed by atoms with E-state index in [1.165, 1.54) is 16.7 Å². The molecule has 0 radical (unpaired) electrons. The van der Waals surface area contributed by atoms with Crippen LogP contribution >= 0.6 is 0 Å². The largest absolute Gasteiger partial charge is 0.392 e. The highest BCUT2D eigenvalue weighted by Gasteiger charge is 2.05. The highest BCUT2D eigenvalue weighted by atomic mass is 16.3. The van der Waals surface area contributed by atoms with Crippen LogP contribution in [0.3, 0.4) is 0 Å². The van der Waals surface area contributed by atoms with Gasteiger partial charge in [-0.1, -0.05) is 29.8 Å². The van der Waals surface area contributed by atoms with Crippen molar-refractivity contribution in [2.45, 2.75) is 32.8 Å². The predicted molar refractivity (Wildman–Crippen MR) is 60.4 cm³/mol. The summed E-state index contributed by atoms with van der Waals surface area (Å²) < 4.78 is 0. The molecule has 0 bridgehead atoms. The van der Waals surface area contributed by atoms with Gasteiger partial charge in [-0.25, -0.2) is 0 Å². The summed E-state index contributed by atoms with van der Waals surface area (Å²) in [4.78, 5) is 0. The van der Waals surface area contributed by atoms with Gasteiger partial charge in [-0.15, -0.1) is 6.58 Å². The van der Waals surface area contributed by atoms with Crippen LogP contribution in [0.25, 0.3) is 0 Å². The zero-order valence-electron chi connectivity index (χ0n) is 8.96. The van der Waals surface area contributed by atoms with E-state index in [9.17, 15) is 5.11 Å². The van der Waals surface area contributed by atoms with E-state index in [0.29, 0.717) is 6.42 Å². The topological polar surface area (TPSA) is 20.2 Å². The van der Waals surface area contributed by atoms with E-state index < -0.39 is 0 Å². The normalized spacial score (nSPS) is 12.5. The quantitative estimate of drug-likeness (QED) is 0.724. The Morgan fingerprint density at radius 3 is 2.79 bits per heavy atom. The van der Waals surface area contributed by atoms with Crippen LogP contribution in [0.15, 0.2) is 30.9 Å². The molecule has 0 aliphatic carbocycles. The molecule has 1 nitrogen and oxygen atoms in total.